The van der Waals surface area contributed by atoms with Crippen molar-refractivity contribution in [2.45, 2.75) is 45.2 Å². The summed E-state index contributed by atoms with van der Waals surface area (Å²) in [4.78, 5) is 49.4. The molecule has 2 saturated heterocycles. The van der Waals surface area contributed by atoms with Gasteiger partial charge in [-0.1, -0.05) is 12.1 Å². The van der Waals surface area contributed by atoms with Crippen molar-refractivity contribution in [2.24, 2.45) is 0 Å². The van der Waals surface area contributed by atoms with E-state index in [1.165, 1.54) is 21.1 Å². The molecule has 10 heteroatoms. The quantitative estimate of drug-likeness (QED) is 0.603. The van der Waals surface area contributed by atoms with Crippen LogP contribution in [0.3, 0.4) is 0 Å². The van der Waals surface area contributed by atoms with E-state index < -0.39 is 6.03 Å². The molecule has 0 radical (unpaired) electrons. The molecule has 2 fully saturated rings. The average Bonchev–Trinajstić information content (AvgIpc) is 3.43. The van der Waals surface area contributed by atoms with E-state index in [2.05, 4.69) is 32.7 Å². The van der Waals surface area contributed by atoms with Gasteiger partial charge in [0.25, 0.3) is 5.91 Å². The van der Waals surface area contributed by atoms with Gasteiger partial charge in [-0.3, -0.25) is 19.8 Å². The predicted molar refractivity (Wildman–Crippen MR) is 131 cm³/mol. The molecule has 6 rings (SSSR count). The minimum absolute atomic E-state index is 0.194. The van der Waals surface area contributed by atoms with E-state index in [0.29, 0.717) is 18.0 Å². The summed E-state index contributed by atoms with van der Waals surface area (Å²) in [5, 5.41) is 8.35. The molecular weight excluding hydrogens is 464 g/mol. The zero-order chi connectivity index (χ0) is 24.1. The van der Waals surface area contributed by atoms with Gasteiger partial charge >= 0.3 is 6.03 Å². The van der Waals surface area contributed by atoms with Crippen LogP contribution in [-0.4, -0.2) is 62.4 Å². The molecule has 4 amide bonds. The number of urea groups is 1. The van der Waals surface area contributed by atoms with Gasteiger partial charge in [0.05, 0.1) is 18.8 Å². The number of aryl methyl sites for hydroxylation is 1. The van der Waals surface area contributed by atoms with Gasteiger partial charge in [0.15, 0.2) is 0 Å². The topological polar surface area (TPSA) is 98.7 Å². The molecule has 1 aromatic carbocycles. The zero-order valence-corrected chi connectivity index (χ0v) is 20.3. The number of aromatic nitrogens is 2. The van der Waals surface area contributed by atoms with Crippen LogP contribution in [0.15, 0.2) is 29.6 Å². The number of nitrogens with one attached hydrogen (secondary N) is 1. The van der Waals surface area contributed by atoms with Gasteiger partial charge in [0, 0.05) is 29.8 Å². The van der Waals surface area contributed by atoms with E-state index in [4.69, 9.17) is 4.98 Å². The first-order chi connectivity index (χ1) is 17.0. The molecule has 3 aliphatic heterocycles. The molecule has 9 nitrogen and oxygen atoms in total. The third kappa shape index (κ3) is 4.06. The number of hydrazine groups is 1. The number of benzene rings is 1. The molecule has 5 heterocycles. The van der Waals surface area contributed by atoms with Crippen molar-refractivity contribution >= 4 is 39.4 Å². The van der Waals surface area contributed by atoms with Crippen molar-refractivity contribution in [3.63, 3.8) is 0 Å². The number of thiophene rings is 1. The number of hydrogen-bond acceptors (Lipinski definition) is 7. The van der Waals surface area contributed by atoms with Gasteiger partial charge in [-0.05, 0) is 61.5 Å². The molecule has 0 aliphatic carbocycles. The van der Waals surface area contributed by atoms with E-state index in [9.17, 15) is 14.4 Å². The van der Waals surface area contributed by atoms with E-state index >= 15 is 0 Å². The Bertz CT molecular complexity index is 1350. The van der Waals surface area contributed by atoms with Crippen LogP contribution in [0.4, 0.5) is 4.79 Å². The largest absolute Gasteiger partial charge is 0.342 e. The number of amides is 4. The smallest absolute Gasteiger partial charge is 0.299 e. The highest BCUT2D eigenvalue weighted by Crippen LogP contribution is 2.34. The molecule has 180 valence electrons. The lowest BCUT2D eigenvalue weighted by atomic mass is 9.91. The zero-order valence-electron chi connectivity index (χ0n) is 19.5. The lowest BCUT2D eigenvalue weighted by Crippen LogP contribution is -2.56. The van der Waals surface area contributed by atoms with Crippen LogP contribution in [0.5, 0.6) is 0 Å². The number of piperidine rings is 1. The number of nitrogens with zero attached hydrogens (tertiary/aromatic N) is 5. The van der Waals surface area contributed by atoms with E-state index in [1.807, 2.05) is 19.1 Å². The number of imide groups is 1. The molecule has 0 unspecified atom stereocenters. The maximum Gasteiger partial charge on any atom is 0.342 e. The first-order valence-electron chi connectivity index (χ1n) is 12.0. The van der Waals surface area contributed by atoms with Crippen LogP contribution in [-0.2, 0) is 17.9 Å². The normalized spacial score (nSPS) is 19.5. The summed E-state index contributed by atoms with van der Waals surface area (Å²) in [7, 11) is 0. The molecule has 0 spiro atoms. The Hall–Kier alpha value is -3.37. The van der Waals surface area contributed by atoms with Crippen molar-refractivity contribution in [2.75, 3.05) is 19.6 Å². The second kappa shape index (κ2) is 8.69. The number of carbonyl (C=O) groups excluding carboxylic acids is 3. The number of carbonyl (C=O) groups is 3. The number of likely N-dealkylation sites (tertiary alicyclic amines) is 1. The van der Waals surface area contributed by atoms with Crippen LogP contribution in [0.2, 0.25) is 0 Å². The Morgan fingerprint density at radius 2 is 1.89 bits per heavy atom. The van der Waals surface area contributed by atoms with Crippen LogP contribution in [0, 0.1) is 6.92 Å². The molecule has 0 atom stereocenters. The fourth-order valence-electron chi connectivity index (χ4n) is 5.36. The standard InChI is InChI=1S/C25H26N6O3S/c1-15-26-22(20-7-11-35-23(20)27-15)17-4-8-29(9-5-17)13-16-2-3-19-18(12-16)14-31(24(19)33)30-10-6-21(32)28-25(30)34/h2-3,7,11-12,17H,4-6,8-10,13-14H2,1H3,(H,28,32,34). The van der Waals surface area contributed by atoms with Gasteiger partial charge in [-0.25, -0.2) is 24.8 Å². The summed E-state index contributed by atoms with van der Waals surface area (Å²) in [5.74, 6) is 0.777. The van der Waals surface area contributed by atoms with Gasteiger partial charge in [-0.2, -0.15) is 0 Å². The molecule has 2 aromatic heterocycles. The van der Waals surface area contributed by atoms with E-state index in [0.717, 1.165) is 54.3 Å². The maximum atomic E-state index is 12.9. The number of fused-ring (bicyclic) bond motifs is 2. The Kier molecular flexibility index (Phi) is 5.49. The lowest BCUT2D eigenvalue weighted by molar-refractivity contribution is -0.123. The van der Waals surface area contributed by atoms with Crippen molar-refractivity contribution in [1.82, 2.24) is 30.2 Å². The van der Waals surface area contributed by atoms with Crippen LogP contribution in [0.25, 0.3) is 10.2 Å². The summed E-state index contributed by atoms with van der Waals surface area (Å²) in [6, 6.07) is 7.55. The average molecular weight is 491 g/mol. The Balaban J connectivity index is 1.11. The first kappa shape index (κ1) is 22.1. The molecule has 3 aromatic rings. The van der Waals surface area contributed by atoms with Gasteiger partial charge in [0.2, 0.25) is 5.91 Å². The molecule has 3 aliphatic rings. The Morgan fingerprint density at radius 3 is 2.69 bits per heavy atom. The summed E-state index contributed by atoms with van der Waals surface area (Å²) in [6.45, 7) is 5.33. The molecule has 35 heavy (non-hydrogen) atoms. The van der Waals surface area contributed by atoms with Gasteiger partial charge in [0.1, 0.15) is 10.7 Å². The lowest BCUT2D eigenvalue weighted by Gasteiger charge is -2.33. The Labute approximate surface area is 206 Å². The summed E-state index contributed by atoms with van der Waals surface area (Å²) >= 11 is 1.67. The molecule has 0 bridgehead atoms. The Morgan fingerprint density at radius 1 is 1.06 bits per heavy atom. The van der Waals surface area contributed by atoms with Crippen molar-refractivity contribution < 1.29 is 14.4 Å². The number of rotatable bonds is 4. The first-order valence-corrected chi connectivity index (χ1v) is 12.8. The predicted octanol–water partition coefficient (Wildman–Crippen LogP) is 3.19. The minimum Gasteiger partial charge on any atom is -0.299 e. The van der Waals surface area contributed by atoms with Crippen molar-refractivity contribution in [3.8, 4) is 0 Å². The summed E-state index contributed by atoms with van der Waals surface area (Å²) in [5.41, 5.74) is 3.89. The van der Waals surface area contributed by atoms with Crippen LogP contribution < -0.4 is 5.32 Å². The van der Waals surface area contributed by atoms with Crippen LogP contribution in [0.1, 0.15) is 58.2 Å². The minimum atomic E-state index is -0.538. The highest BCUT2D eigenvalue weighted by atomic mass is 32.1. The summed E-state index contributed by atoms with van der Waals surface area (Å²) in [6.07, 6.45) is 2.31. The fourth-order valence-corrected chi connectivity index (χ4v) is 6.18. The third-order valence-electron chi connectivity index (χ3n) is 7.12. The van der Waals surface area contributed by atoms with Crippen molar-refractivity contribution in [1.29, 1.82) is 0 Å². The monoisotopic (exact) mass is 490 g/mol. The molecular formula is C25H26N6O3S. The maximum absolute atomic E-state index is 12.9. The highest BCUT2D eigenvalue weighted by molar-refractivity contribution is 7.16. The second-order valence-corrected chi connectivity index (χ2v) is 10.3. The summed E-state index contributed by atoms with van der Waals surface area (Å²) < 4.78 is 0. The molecule has 1 N–H and O–H groups in total. The highest BCUT2D eigenvalue weighted by Gasteiger charge is 2.37. The third-order valence-corrected chi connectivity index (χ3v) is 7.93. The second-order valence-electron chi connectivity index (χ2n) is 9.43. The van der Waals surface area contributed by atoms with Crippen molar-refractivity contribution in [3.05, 3.63) is 57.9 Å². The van der Waals surface area contributed by atoms with E-state index in [1.54, 1.807) is 11.3 Å². The van der Waals surface area contributed by atoms with E-state index in [-0.39, 0.29) is 24.8 Å². The van der Waals surface area contributed by atoms with Gasteiger partial charge < -0.3 is 0 Å². The fraction of sp³-hybridized carbons (Fsp3) is 0.400. The number of hydrogen-bond donors (Lipinski definition) is 1. The SMILES string of the molecule is Cc1nc(C2CCN(Cc3ccc4c(c3)CN(N3CCC(=O)NC3=O)C4=O)CC2)c2ccsc2n1. The van der Waals surface area contributed by atoms with Gasteiger partial charge in [-0.15, -0.1) is 11.3 Å². The molecule has 0 saturated carbocycles. The van der Waals surface area contributed by atoms with Crippen LogP contribution >= 0.6 is 11.3 Å².